The van der Waals surface area contributed by atoms with Crippen molar-refractivity contribution in [3.63, 3.8) is 0 Å². The van der Waals surface area contributed by atoms with Crippen molar-refractivity contribution in [1.82, 2.24) is 9.78 Å². The summed E-state index contributed by atoms with van der Waals surface area (Å²) in [5, 5.41) is 3.97. The third-order valence-corrected chi connectivity index (χ3v) is 5.03. The number of benzene rings is 1. The third kappa shape index (κ3) is 9.89. The highest BCUT2D eigenvalue weighted by atomic mass is 32.2. The number of esters is 1. The van der Waals surface area contributed by atoms with E-state index in [2.05, 4.69) is 18.3 Å². The van der Waals surface area contributed by atoms with Crippen LogP contribution in [0.5, 0.6) is 0 Å². The summed E-state index contributed by atoms with van der Waals surface area (Å²) in [7, 11) is -3.47. The molecule has 35 heavy (non-hydrogen) atoms. The fraction of sp³-hybridized carbons (Fsp3) is 0.333. The van der Waals surface area contributed by atoms with E-state index in [1.165, 1.54) is 48.6 Å². The molecule has 0 bridgehead atoms. The van der Waals surface area contributed by atoms with Crippen LogP contribution in [0.2, 0.25) is 0 Å². The molecule has 0 saturated heterocycles. The maximum Gasteiger partial charge on any atom is 0.433 e. The summed E-state index contributed by atoms with van der Waals surface area (Å²) in [6.07, 6.45) is 1.24. The quantitative estimate of drug-likeness (QED) is 0.188. The Morgan fingerprint density at radius 3 is 2.11 bits per heavy atom. The van der Waals surface area contributed by atoms with Crippen LogP contribution in [0.4, 0.5) is 17.6 Å². The number of nitrogens with zero attached hydrogens (tertiary/aromatic N) is 2. The second-order valence-corrected chi connectivity index (χ2v) is 8.42. The zero-order valence-electron chi connectivity index (χ0n) is 20.1. The molecule has 0 amide bonds. The van der Waals surface area contributed by atoms with Gasteiger partial charge in [-0.1, -0.05) is 56.9 Å². The average Bonchev–Trinajstić information content (AvgIpc) is 3.17. The van der Waals surface area contributed by atoms with E-state index in [0.717, 1.165) is 6.26 Å². The monoisotopic (exact) mass is 518 g/mol. The van der Waals surface area contributed by atoms with Crippen LogP contribution in [0.1, 0.15) is 32.0 Å². The van der Waals surface area contributed by atoms with Gasteiger partial charge in [-0.05, 0) is 19.1 Å². The van der Waals surface area contributed by atoms with Crippen molar-refractivity contribution < 1.29 is 35.5 Å². The molecule has 6 nitrogen and oxygen atoms in total. The van der Waals surface area contributed by atoms with Crippen molar-refractivity contribution in [2.45, 2.75) is 38.4 Å². The second kappa shape index (κ2) is 14.9. The van der Waals surface area contributed by atoms with E-state index in [9.17, 15) is 30.8 Å². The Kier molecular flexibility index (Phi) is 13.6. The maximum absolute atomic E-state index is 13.8. The van der Waals surface area contributed by atoms with E-state index in [-0.39, 0.29) is 28.3 Å². The summed E-state index contributed by atoms with van der Waals surface area (Å²) in [6, 6.07) is 5.28. The van der Waals surface area contributed by atoms with Crippen LogP contribution in [0.3, 0.4) is 0 Å². The van der Waals surface area contributed by atoms with Crippen molar-refractivity contribution in [3.8, 4) is 11.3 Å². The predicted octanol–water partition coefficient (Wildman–Crippen LogP) is 5.90. The first-order valence-electron chi connectivity index (χ1n) is 10.5. The molecule has 11 heteroatoms. The van der Waals surface area contributed by atoms with Crippen molar-refractivity contribution >= 4 is 21.9 Å². The van der Waals surface area contributed by atoms with Gasteiger partial charge in [0.1, 0.15) is 18.9 Å². The Bertz CT molecular complexity index is 1100. The minimum atomic E-state index is -4.80. The van der Waals surface area contributed by atoms with Crippen molar-refractivity contribution in [2.75, 3.05) is 19.5 Å². The number of carbonyl (C=O) groups is 1. The van der Waals surface area contributed by atoms with Gasteiger partial charge in [0.15, 0.2) is 15.5 Å². The van der Waals surface area contributed by atoms with Gasteiger partial charge in [-0.25, -0.2) is 17.5 Å². The van der Waals surface area contributed by atoms with E-state index in [1.807, 2.05) is 13.8 Å². The highest BCUT2D eigenvalue weighted by Crippen LogP contribution is 2.38. The number of hydrogen-bond acceptors (Lipinski definition) is 5. The summed E-state index contributed by atoms with van der Waals surface area (Å²) in [4.78, 5) is 11.8. The summed E-state index contributed by atoms with van der Waals surface area (Å²) in [5.41, 5.74) is -1.19. The zero-order chi connectivity index (χ0) is 27.2. The largest absolute Gasteiger partial charge is 0.465 e. The van der Waals surface area contributed by atoms with Gasteiger partial charge in [0.25, 0.3) is 0 Å². The van der Waals surface area contributed by atoms with Crippen molar-refractivity contribution in [1.29, 1.82) is 0 Å². The lowest BCUT2D eigenvalue weighted by atomic mass is 10.0. The summed E-state index contributed by atoms with van der Waals surface area (Å²) < 4.78 is 80.4. The first-order chi connectivity index (χ1) is 16.4. The number of carbonyl (C=O) groups excluding carboxylic acids is 1. The van der Waals surface area contributed by atoms with E-state index in [1.54, 1.807) is 6.92 Å². The lowest BCUT2D eigenvalue weighted by Crippen LogP contribution is -2.21. The number of halogens is 4. The first-order valence-corrected chi connectivity index (χ1v) is 12.4. The smallest absolute Gasteiger partial charge is 0.433 e. The Labute approximate surface area is 203 Å². The molecule has 194 valence electrons. The number of aromatic nitrogens is 2. The molecular formula is C24H30F4N2O4S. The summed E-state index contributed by atoms with van der Waals surface area (Å²) in [6.45, 7) is 11.0. The van der Waals surface area contributed by atoms with Gasteiger partial charge in [0, 0.05) is 17.4 Å². The molecule has 1 aromatic carbocycles. The number of sulfone groups is 1. The number of rotatable bonds is 8. The molecule has 0 unspecified atom stereocenters. The van der Waals surface area contributed by atoms with Crippen LogP contribution < -0.4 is 0 Å². The normalized spacial score (nSPS) is 11.1. The Morgan fingerprint density at radius 1 is 1.17 bits per heavy atom. The van der Waals surface area contributed by atoms with Gasteiger partial charge in [-0.15, -0.1) is 6.58 Å². The van der Waals surface area contributed by atoms with Crippen LogP contribution in [-0.4, -0.2) is 43.7 Å². The molecule has 0 aliphatic rings. The Morgan fingerprint density at radius 2 is 1.71 bits per heavy atom. The Hall–Kier alpha value is -3.21. The van der Waals surface area contributed by atoms with Gasteiger partial charge in [0.2, 0.25) is 0 Å². The zero-order valence-corrected chi connectivity index (χ0v) is 20.9. The minimum Gasteiger partial charge on any atom is -0.465 e. The number of alkyl halides is 4. The molecule has 0 aliphatic heterocycles. The van der Waals surface area contributed by atoms with Crippen LogP contribution >= 0.6 is 0 Å². The van der Waals surface area contributed by atoms with Gasteiger partial charge in [-0.2, -0.15) is 18.3 Å². The van der Waals surface area contributed by atoms with E-state index < -0.39 is 40.9 Å². The average molecular weight is 519 g/mol. The molecular weight excluding hydrogens is 488 g/mol. The molecule has 0 aliphatic carbocycles. The number of hydrogen-bond donors (Lipinski definition) is 0. The molecule has 2 aromatic rings. The molecule has 1 heterocycles. The highest BCUT2D eigenvalue weighted by Gasteiger charge is 2.40. The van der Waals surface area contributed by atoms with Crippen LogP contribution in [0.25, 0.3) is 17.3 Å². The van der Waals surface area contributed by atoms with Gasteiger partial charge < -0.3 is 4.74 Å². The van der Waals surface area contributed by atoms with Gasteiger partial charge >= 0.3 is 12.1 Å². The molecule has 2 rings (SSSR count). The molecule has 0 spiro atoms. The standard InChI is InChI=1S/C19H19F3N2O4S.C3H5F.C2H6/c1-4-6-7-15-17(13-8-10-14(11-9-13)29(3,26)27)23-24(12-16(25)28-5-2)18(15)19(20,21)22;1-2-3-4;1-2/h4,6-11H,1,5,12H2,2-3H3;2H,1,3H2;1-2H3/b7-6+;;. The molecule has 0 N–H and O–H groups in total. The molecule has 0 radical (unpaired) electrons. The fourth-order valence-electron chi connectivity index (χ4n) is 2.61. The van der Waals surface area contributed by atoms with Crippen LogP contribution in [-0.2, 0) is 32.1 Å². The van der Waals surface area contributed by atoms with E-state index in [0.29, 0.717) is 4.68 Å². The SMILES string of the molecule is C=C/C=C/c1c(-c2ccc(S(C)(=O)=O)cc2)nn(CC(=O)OCC)c1C(F)(F)F.C=CCF.CC. The molecule has 0 atom stereocenters. The summed E-state index contributed by atoms with van der Waals surface area (Å²) >= 11 is 0. The maximum atomic E-state index is 13.8. The molecule has 0 fully saturated rings. The predicted molar refractivity (Wildman–Crippen MR) is 129 cm³/mol. The first kappa shape index (κ1) is 31.8. The number of ether oxygens (including phenoxy) is 1. The molecule has 1 aromatic heterocycles. The van der Waals surface area contributed by atoms with Crippen LogP contribution in [0, 0.1) is 0 Å². The van der Waals surface area contributed by atoms with Crippen molar-refractivity contribution in [2.24, 2.45) is 0 Å². The Balaban J connectivity index is 0.00000174. The van der Waals surface area contributed by atoms with Gasteiger partial charge in [-0.3, -0.25) is 4.79 Å². The second-order valence-electron chi connectivity index (χ2n) is 6.41. The van der Waals surface area contributed by atoms with Crippen LogP contribution in [0.15, 0.2) is 60.5 Å². The van der Waals surface area contributed by atoms with E-state index >= 15 is 0 Å². The van der Waals surface area contributed by atoms with Gasteiger partial charge in [0.05, 0.1) is 11.5 Å². The topological polar surface area (TPSA) is 78.3 Å². The lowest BCUT2D eigenvalue weighted by molar-refractivity contribution is -0.149. The highest BCUT2D eigenvalue weighted by molar-refractivity contribution is 7.90. The number of allylic oxidation sites excluding steroid dienone is 3. The van der Waals surface area contributed by atoms with Crippen molar-refractivity contribution in [3.05, 3.63) is 66.9 Å². The summed E-state index contributed by atoms with van der Waals surface area (Å²) in [5.74, 6) is -0.862. The minimum absolute atomic E-state index is 0.0183. The molecule has 0 saturated carbocycles. The lowest BCUT2D eigenvalue weighted by Gasteiger charge is -2.11. The fourth-order valence-corrected chi connectivity index (χ4v) is 3.24. The van der Waals surface area contributed by atoms with E-state index in [4.69, 9.17) is 4.74 Å². The third-order valence-electron chi connectivity index (χ3n) is 3.91.